The number of hydrogen-bond acceptors (Lipinski definition) is 3. The number of rotatable bonds is 3. The lowest BCUT2D eigenvalue weighted by Gasteiger charge is -2.26. The van der Waals surface area contributed by atoms with E-state index in [0.29, 0.717) is 11.1 Å². The van der Waals surface area contributed by atoms with Gasteiger partial charge in [-0.05, 0) is 23.4 Å². The van der Waals surface area contributed by atoms with Gasteiger partial charge in [0.25, 0.3) is 0 Å². The molecule has 0 saturated heterocycles. The zero-order valence-corrected chi connectivity index (χ0v) is 18.6. The van der Waals surface area contributed by atoms with E-state index in [1.165, 1.54) is 10.9 Å². The molecular weight excluding hydrogens is 463 g/mol. The van der Waals surface area contributed by atoms with Crippen molar-refractivity contribution in [3.63, 3.8) is 0 Å². The van der Waals surface area contributed by atoms with Gasteiger partial charge in [-0.2, -0.15) is 5.26 Å². The summed E-state index contributed by atoms with van der Waals surface area (Å²) in [5, 5.41) is 12.8. The maximum absolute atomic E-state index is 9.43. The highest BCUT2D eigenvalue weighted by atomic mass is 127. The molecule has 0 aliphatic heterocycles. The molecule has 0 radical (unpaired) electrons. The minimum atomic E-state index is -1.51. The highest BCUT2D eigenvalue weighted by Crippen LogP contribution is 2.40. The van der Waals surface area contributed by atoms with Crippen LogP contribution in [-0.2, 0) is 0 Å². The Balaban J connectivity index is 1.97. The van der Waals surface area contributed by atoms with Crippen LogP contribution in [0.3, 0.4) is 0 Å². The predicted octanol–water partition coefficient (Wildman–Crippen LogP) is 6.49. The summed E-state index contributed by atoms with van der Waals surface area (Å²) in [4.78, 5) is 0. The molecule has 0 atom stereocenters. The molecule has 1 heterocycles. The zero-order valence-electron chi connectivity index (χ0n) is 15.5. The van der Waals surface area contributed by atoms with Crippen LogP contribution in [0.5, 0.6) is 0 Å². The molecule has 27 heavy (non-hydrogen) atoms. The smallest absolute Gasteiger partial charge is 0.159 e. The zero-order chi connectivity index (χ0) is 19.2. The molecule has 0 aliphatic carbocycles. The topological polar surface area (TPSA) is 40.2 Å². The van der Waals surface area contributed by atoms with Crippen molar-refractivity contribution in [2.75, 3.05) is 3.11 Å². The van der Waals surface area contributed by atoms with Crippen molar-refractivity contribution in [1.29, 1.82) is 5.26 Å². The molecule has 0 amide bonds. The minimum Gasteiger partial charge on any atom is -0.452 e. The Morgan fingerprint density at radius 1 is 0.852 bits per heavy atom. The number of nitrogens with zero attached hydrogens (tertiary/aromatic N) is 2. The summed E-state index contributed by atoms with van der Waals surface area (Å²) in [6.45, 7) is 7.08. The first-order valence-corrected chi connectivity index (χ1v) is 13.3. The maximum Gasteiger partial charge on any atom is 0.159 e. The summed E-state index contributed by atoms with van der Waals surface area (Å²) in [6, 6.07) is 22.7. The van der Waals surface area contributed by atoms with Crippen molar-refractivity contribution in [3.8, 4) is 6.07 Å². The third-order valence-corrected chi connectivity index (χ3v) is 7.84. The first kappa shape index (κ1) is 18.1. The second kappa shape index (κ2) is 6.70. The van der Waals surface area contributed by atoms with Crippen molar-refractivity contribution in [3.05, 3.63) is 66.2 Å². The molecule has 0 aliphatic rings. The van der Waals surface area contributed by atoms with Crippen LogP contribution in [-0.4, -0.2) is 8.07 Å². The van der Waals surface area contributed by atoms with E-state index < -0.39 is 8.07 Å². The molecule has 0 saturated carbocycles. The molecule has 3 nitrogen and oxygen atoms in total. The van der Waals surface area contributed by atoms with E-state index in [9.17, 15) is 5.26 Å². The third-order valence-electron chi connectivity index (χ3n) is 4.76. The number of anilines is 2. The van der Waals surface area contributed by atoms with Crippen molar-refractivity contribution in [1.82, 2.24) is 0 Å². The van der Waals surface area contributed by atoms with Crippen molar-refractivity contribution < 1.29 is 4.42 Å². The van der Waals surface area contributed by atoms with Crippen LogP contribution >= 0.6 is 22.9 Å². The number of para-hydroxylation sites is 3. The number of nitriles is 1. The third kappa shape index (κ3) is 3.03. The molecule has 134 valence electrons. The average molecular weight is 482 g/mol. The summed E-state index contributed by atoms with van der Waals surface area (Å²) < 4.78 is 8.40. The molecule has 0 bridgehead atoms. The normalized spacial score (nSPS) is 11.7. The van der Waals surface area contributed by atoms with E-state index in [4.69, 9.17) is 4.42 Å². The number of hydrogen-bond donors (Lipinski definition) is 0. The molecule has 4 aromatic rings. The molecule has 5 heteroatoms. The molecule has 1 aromatic heterocycles. The van der Waals surface area contributed by atoms with E-state index in [-0.39, 0.29) is 0 Å². The van der Waals surface area contributed by atoms with Gasteiger partial charge in [-0.25, -0.2) is 0 Å². The number of benzene rings is 3. The van der Waals surface area contributed by atoms with Crippen LogP contribution in [0.1, 0.15) is 5.56 Å². The monoisotopic (exact) mass is 482 g/mol. The first-order chi connectivity index (χ1) is 12.9. The van der Waals surface area contributed by atoms with E-state index in [2.05, 4.69) is 94.2 Å². The van der Waals surface area contributed by atoms with Crippen LogP contribution in [0.25, 0.3) is 21.9 Å². The van der Waals surface area contributed by atoms with Gasteiger partial charge in [-0.15, -0.1) is 0 Å². The fourth-order valence-corrected chi connectivity index (χ4v) is 6.04. The fraction of sp³-hybridized carbons (Fsp3) is 0.136. The molecule has 0 spiro atoms. The van der Waals surface area contributed by atoms with Gasteiger partial charge in [-0.1, -0.05) is 62.1 Å². The number of halogens is 1. The lowest BCUT2D eigenvalue weighted by Crippen LogP contribution is -2.39. The van der Waals surface area contributed by atoms with Gasteiger partial charge < -0.3 is 4.42 Å². The molecule has 4 rings (SSSR count). The lowest BCUT2D eigenvalue weighted by molar-refractivity contribution is 0.668. The standard InChI is InChI=1S/C22H19IN2OSi/c1-27(2,3)20-13-5-4-11-18(20)25(23)19-12-7-10-17-16-9-6-8-15(14-24)21(16)26-22(17)19/h4-13H,1-3H3. The van der Waals surface area contributed by atoms with Gasteiger partial charge in [0.05, 0.1) is 47.9 Å². The Hall–Kier alpha value is -2.30. The maximum atomic E-state index is 9.43. The van der Waals surface area contributed by atoms with Crippen LogP contribution in [0.15, 0.2) is 65.1 Å². The lowest BCUT2D eigenvalue weighted by atomic mass is 10.1. The second-order valence-electron chi connectivity index (χ2n) is 7.60. The van der Waals surface area contributed by atoms with Gasteiger partial charge in [0.2, 0.25) is 0 Å². The van der Waals surface area contributed by atoms with E-state index >= 15 is 0 Å². The predicted molar refractivity (Wildman–Crippen MR) is 124 cm³/mol. The molecule has 0 fully saturated rings. The number of furan rings is 1. The van der Waals surface area contributed by atoms with E-state index in [0.717, 1.165) is 22.0 Å². The average Bonchev–Trinajstić information content (AvgIpc) is 3.05. The van der Waals surface area contributed by atoms with Crippen LogP contribution < -0.4 is 8.30 Å². The largest absolute Gasteiger partial charge is 0.452 e. The van der Waals surface area contributed by atoms with E-state index in [1.54, 1.807) is 6.07 Å². The quantitative estimate of drug-likeness (QED) is 0.190. The fourth-order valence-electron chi connectivity index (χ4n) is 3.46. The second-order valence-corrected chi connectivity index (χ2v) is 13.6. The van der Waals surface area contributed by atoms with Crippen LogP contribution in [0.2, 0.25) is 19.6 Å². The Bertz CT molecular complexity index is 1200. The summed E-state index contributed by atoms with van der Waals surface area (Å²) in [6.07, 6.45) is 0. The summed E-state index contributed by atoms with van der Waals surface area (Å²) in [5.74, 6) is 0. The van der Waals surface area contributed by atoms with Crippen molar-refractivity contribution in [2.45, 2.75) is 19.6 Å². The summed E-state index contributed by atoms with van der Waals surface area (Å²) in [7, 11) is -1.51. The van der Waals surface area contributed by atoms with Gasteiger partial charge in [0, 0.05) is 10.8 Å². The number of fused-ring (bicyclic) bond motifs is 3. The Kier molecular flexibility index (Phi) is 4.48. The van der Waals surface area contributed by atoms with Crippen LogP contribution in [0, 0.1) is 11.3 Å². The summed E-state index contributed by atoms with van der Waals surface area (Å²) >= 11 is 2.36. The van der Waals surface area contributed by atoms with Gasteiger partial charge >= 0.3 is 0 Å². The molecular formula is C22H19IN2OSi. The van der Waals surface area contributed by atoms with Gasteiger partial charge in [0.1, 0.15) is 6.07 Å². The Labute approximate surface area is 173 Å². The molecule has 0 unspecified atom stereocenters. The van der Waals surface area contributed by atoms with E-state index in [1.807, 2.05) is 12.1 Å². The first-order valence-electron chi connectivity index (χ1n) is 8.81. The Morgan fingerprint density at radius 2 is 1.48 bits per heavy atom. The van der Waals surface area contributed by atoms with Crippen LogP contribution in [0.4, 0.5) is 11.4 Å². The highest BCUT2D eigenvalue weighted by molar-refractivity contribution is 14.1. The minimum absolute atomic E-state index is 0.567. The van der Waals surface area contributed by atoms with Crippen molar-refractivity contribution in [2.24, 2.45) is 0 Å². The summed E-state index contributed by atoms with van der Waals surface area (Å²) in [5.41, 5.74) is 4.24. The van der Waals surface area contributed by atoms with Gasteiger partial charge in [-0.3, -0.25) is 3.11 Å². The van der Waals surface area contributed by atoms with Crippen molar-refractivity contribution >= 4 is 69.4 Å². The molecule has 3 aromatic carbocycles. The highest BCUT2D eigenvalue weighted by Gasteiger charge is 2.24. The Morgan fingerprint density at radius 3 is 2.19 bits per heavy atom. The van der Waals surface area contributed by atoms with Gasteiger partial charge in [0.15, 0.2) is 11.2 Å². The molecule has 0 N–H and O–H groups in total. The SMILES string of the molecule is C[Si](C)(C)c1ccccc1N(I)c1cccc2c1oc1c(C#N)cccc12.